The highest BCUT2D eigenvalue weighted by Gasteiger charge is 2.15. The normalized spacial score (nSPS) is 10.9. The summed E-state index contributed by atoms with van der Waals surface area (Å²) in [6.45, 7) is 3.97. The van der Waals surface area contributed by atoms with Crippen LogP contribution in [0.3, 0.4) is 0 Å². The summed E-state index contributed by atoms with van der Waals surface area (Å²) in [6, 6.07) is 9.26. The number of benzene rings is 1. The van der Waals surface area contributed by atoms with Crippen LogP contribution in [0.25, 0.3) is 5.78 Å². The van der Waals surface area contributed by atoms with Gasteiger partial charge in [0, 0.05) is 41.8 Å². The van der Waals surface area contributed by atoms with Crippen molar-refractivity contribution in [3.05, 3.63) is 70.9 Å². The summed E-state index contributed by atoms with van der Waals surface area (Å²) in [5.74, 6) is 0.680. The van der Waals surface area contributed by atoms with Gasteiger partial charge in [0.25, 0.3) is 5.78 Å². The van der Waals surface area contributed by atoms with E-state index in [0.29, 0.717) is 29.6 Å². The molecular formula is C21H20FN7O2. The van der Waals surface area contributed by atoms with Crippen molar-refractivity contribution in [2.75, 3.05) is 5.73 Å². The SMILES string of the molecule is Cc1nc2nc(N)nn2c(C)c1CC(=O)NCc1ccc(Oc2cccc(F)c2)nc1. The number of pyridine rings is 1. The van der Waals surface area contributed by atoms with E-state index in [2.05, 4.69) is 25.4 Å². The summed E-state index contributed by atoms with van der Waals surface area (Å²) in [7, 11) is 0. The predicted octanol–water partition coefficient (Wildman–Crippen LogP) is 2.51. The van der Waals surface area contributed by atoms with Gasteiger partial charge in [-0.15, -0.1) is 5.10 Å². The Morgan fingerprint density at radius 1 is 1.23 bits per heavy atom. The van der Waals surface area contributed by atoms with Crippen molar-refractivity contribution in [2.24, 2.45) is 0 Å². The van der Waals surface area contributed by atoms with Crippen LogP contribution in [-0.4, -0.2) is 30.5 Å². The Morgan fingerprint density at radius 2 is 2.06 bits per heavy atom. The number of nitrogen functional groups attached to an aromatic ring is 1. The van der Waals surface area contributed by atoms with Gasteiger partial charge in [-0.25, -0.2) is 14.4 Å². The molecule has 3 heterocycles. The fourth-order valence-electron chi connectivity index (χ4n) is 3.13. The molecule has 0 fully saturated rings. The third-order valence-corrected chi connectivity index (χ3v) is 4.71. The molecule has 3 aromatic heterocycles. The number of anilines is 1. The number of amides is 1. The van der Waals surface area contributed by atoms with Gasteiger partial charge in [-0.2, -0.15) is 9.50 Å². The summed E-state index contributed by atoms with van der Waals surface area (Å²) in [4.78, 5) is 25.1. The molecule has 1 amide bonds. The van der Waals surface area contributed by atoms with Gasteiger partial charge in [0.2, 0.25) is 17.7 Å². The summed E-state index contributed by atoms with van der Waals surface area (Å²) in [5, 5.41) is 6.97. The molecule has 0 bridgehead atoms. The van der Waals surface area contributed by atoms with E-state index in [1.165, 1.54) is 16.6 Å². The summed E-state index contributed by atoms with van der Waals surface area (Å²) >= 11 is 0. The smallest absolute Gasteiger partial charge is 0.254 e. The summed E-state index contributed by atoms with van der Waals surface area (Å²) in [5.41, 5.74) is 8.67. The molecule has 158 valence electrons. The number of aromatic nitrogens is 5. The van der Waals surface area contributed by atoms with Crippen LogP contribution in [-0.2, 0) is 17.8 Å². The molecule has 31 heavy (non-hydrogen) atoms. The number of fused-ring (bicyclic) bond motifs is 1. The standard InChI is InChI=1S/C21H20FN7O2/c1-12-17(13(2)29-21(26-12)27-20(23)28-29)9-18(30)24-10-14-6-7-19(25-11-14)31-16-5-3-4-15(22)8-16/h3-8,11H,9-10H2,1-2H3,(H2,23,28)(H,24,30). The van der Waals surface area contributed by atoms with Gasteiger partial charge in [0.15, 0.2) is 0 Å². The third-order valence-electron chi connectivity index (χ3n) is 4.71. The van der Waals surface area contributed by atoms with E-state index in [-0.39, 0.29) is 24.1 Å². The molecule has 0 unspecified atom stereocenters. The molecule has 0 aliphatic heterocycles. The van der Waals surface area contributed by atoms with E-state index in [4.69, 9.17) is 10.5 Å². The molecule has 0 aliphatic rings. The Balaban J connectivity index is 1.37. The summed E-state index contributed by atoms with van der Waals surface area (Å²) in [6.07, 6.45) is 1.74. The lowest BCUT2D eigenvalue weighted by atomic mass is 10.1. The highest BCUT2D eigenvalue weighted by atomic mass is 19.1. The molecule has 9 nitrogen and oxygen atoms in total. The van der Waals surface area contributed by atoms with Crippen molar-refractivity contribution < 1.29 is 13.9 Å². The lowest BCUT2D eigenvalue weighted by Gasteiger charge is -2.11. The van der Waals surface area contributed by atoms with Crippen LogP contribution in [0, 0.1) is 19.7 Å². The number of aryl methyl sites for hydroxylation is 2. The highest BCUT2D eigenvalue weighted by Crippen LogP contribution is 2.20. The maximum absolute atomic E-state index is 13.2. The Morgan fingerprint density at radius 3 is 2.81 bits per heavy atom. The number of hydrogen-bond acceptors (Lipinski definition) is 7. The quantitative estimate of drug-likeness (QED) is 0.491. The lowest BCUT2D eigenvalue weighted by Crippen LogP contribution is -2.26. The first-order valence-electron chi connectivity index (χ1n) is 9.52. The second-order valence-electron chi connectivity index (χ2n) is 6.96. The van der Waals surface area contributed by atoms with Crippen molar-refractivity contribution in [3.8, 4) is 11.6 Å². The lowest BCUT2D eigenvalue weighted by molar-refractivity contribution is -0.120. The fourth-order valence-corrected chi connectivity index (χ4v) is 3.13. The van der Waals surface area contributed by atoms with Crippen LogP contribution in [0.15, 0.2) is 42.6 Å². The van der Waals surface area contributed by atoms with Gasteiger partial charge in [-0.3, -0.25) is 4.79 Å². The van der Waals surface area contributed by atoms with Gasteiger partial charge in [0.05, 0.1) is 6.42 Å². The second kappa shape index (κ2) is 8.34. The number of carbonyl (C=O) groups excluding carboxylic acids is 1. The molecule has 0 aliphatic carbocycles. The van der Waals surface area contributed by atoms with E-state index in [0.717, 1.165) is 16.8 Å². The van der Waals surface area contributed by atoms with Crippen LogP contribution < -0.4 is 15.8 Å². The molecular weight excluding hydrogens is 401 g/mol. The van der Waals surface area contributed by atoms with Crippen molar-refractivity contribution in [1.82, 2.24) is 29.9 Å². The monoisotopic (exact) mass is 421 g/mol. The Kier molecular flexibility index (Phi) is 5.44. The van der Waals surface area contributed by atoms with Gasteiger partial charge in [0.1, 0.15) is 11.6 Å². The molecule has 4 aromatic rings. The molecule has 0 saturated heterocycles. The van der Waals surface area contributed by atoms with Crippen LogP contribution in [0.5, 0.6) is 11.6 Å². The number of rotatable bonds is 6. The number of nitrogens with two attached hydrogens (primary N) is 1. The van der Waals surface area contributed by atoms with Crippen molar-refractivity contribution in [2.45, 2.75) is 26.8 Å². The van der Waals surface area contributed by atoms with Crippen LogP contribution in [0.2, 0.25) is 0 Å². The number of nitrogens with one attached hydrogen (secondary N) is 1. The number of halogens is 1. The minimum absolute atomic E-state index is 0.133. The van der Waals surface area contributed by atoms with Crippen molar-refractivity contribution >= 4 is 17.6 Å². The van der Waals surface area contributed by atoms with Gasteiger partial charge >= 0.3 is 0 Å². The first-order valence-corrected chi connectivity index (χ1v) is 9.52. The molecule has 4 rings (SSSR count). The van der Waals surface area contributed by atoms with E-state index in [1.807, 2.05) is 13.8 Å². The number of hydrogen-bond donors (Lipinski definition) is 2. The molecule has 10 heteroatoms. The van der Waals surface area contributed by atoms with Gasteiger partial charge < -0.3 is 15.8 Å². The van der Waals surface area contributed by atoms with E-state index in [9.17, 15) is 9.18 Å². The third kappa shape index (κ3) is 4.58. The fraction of sp³-hybridized carbons (Fsp3) is 0.190. The minimum Gasteiger partial charge on any atom is -0.439 e. The molecule has 0 spiro atoms. The summed E-state index contributed by atoms with van der Waals surface area (Å²) < 4.78 is 20.3. The average molecular weight is 421 g/mol. The number of carbonyl (C=O) groups is 1. The molecule has 1 aromatic carbocycles. The second-order valence-corrected chi connectivity index (χ2v) is 6.96. The Bertz CT molecular complexity index is 1250. The van der Waals surface area contributed by atoms with E-state index < -0.39 is 0 Å². The minimum atomic E-state index is -0.385. The highest BCUT2D eigenvalue weighted by molar-refractivity contribution is 5.79. The van der Waals surface area contributed by atoms with Crippen molar-refractivity contribution in [1.29, 1.82) is 0 Å². The Labute approximate surface area is 177 Å². The first kappa shape index (κ1) is 20.2. The zero-order chi connectivity index (χ0) is 22.0. The molecule has 0 saturated carbocycles. The zero-order valence-corrected chi connectivity index (χ0v) is 17.0. The number of ether oxygens (including phenoxy) is 1. The topological polar surface area (TPSA) is 120 Å². The Hall–Kier alpha value is -4.08. The maximum atomic E-state index is 13.2. The molecule has 0 atom stereocenters. The van der Waals surface area contributed by atoms with Gasteiger partial charge in [-0.05, 0) is 31.5 Å². The average Bonchev–Trinajstić information content (AvgIpc) is 3.11. The molecule has 3 N–H and O–H groups in total. The first-order chi connectivity index (χ1) is 14.9. The maximum Gasteiger partial charge on any atom is 0.254 e. The van der Waals surface area contributed by atoms with E-state index in [1.54, 1.807) is 30.5 Å². The van der Waals surface area contributed by atoms with Crippen LogP contribution >= 0.6 is 0 Å². The van der Waals surface area contributed by atoms with E-state index >= 15 is 0 Å². The predicted molar refractivity (Wildman–Crippen MR) is 111 cm³/mol. The zero-order valence-electron chi connectivity index (χ0n) is 17.0. The number of nitrogens with zero attached hydrogens (tertiary/aromatic N) is 5. The van der Waals surface area contributed by atoms with Gasteiger partial charge in [-0.1, -0.05) is 12.1 Å². The van der Waals surface area contributed by atoms with Crippen LogP contribution in [0.1, 0.15) is 22.5 Å². The molecule has 0 radical (unpaired) electrons. The van der Waals surface area contributed by atoms with Crippen molar-refractivity contribution in [3.63, 3.8) is 0 Å². The van der Waals surface area contributed by atoms with Crippen LogP contribution in [0.4, 0.5) is 10.3 Å². The largest absolute Gasteiger partial charge is 0.439 e.